The van der Waals surface area contributed by atoms with Crippen molar-refractivity contribution in [2.75, 3.05) is 0 Å². The quantitative estimate of drug-likeness (QED) is 0.572. The Morgan fingerprint density at radius 3 is 2.26 bits per heavy atom. The standard InChI is InChI=1S/C19H16N2O2/c1-13(14-7-3-2-4-8-14)20-21-19(23)17-11-15-9-5-6-10-16(15)12-18(17)22/h2-12,22H,1H3,(H,21,23)/b20-13+. The predicted octanol–water partition coefficient (Wildman–Crippen LogP) is 3.70. The molecule has 0 heterocycles. The maximum Gasteiger partial charge on any atom is 0.275 e. The van der Waals surface area contributed by atoms with E-state index in [9.17, 15) is 9.90 Å². The number of hydrogen-bond donors (Lipinski definition) is 2. The molecule has 0 unspecified atom stereocenters. The third kappa shape index (κ3) is 3.21. The van der Waals surface area contributed by atoms with E-state index in [-0.39, 0.29) is 11.3 Å². The molecule has 0 aliphatic carbocycles. The number of aromatic hydroxyl groups is 1. The zero-order valence-electron chi connectivity index (χ0n) is 12.7. The third-order valence-corrected chi connectivity index (χ3v) is 3.63. The van der Waals surface area contributed by atoms with E-state index in [4.69, 9.17) is 0 Å². The van der Waals surface area contributed by atoms with Crippen LogP contribution in [-0.4, -0.2) is 16.7 Å². The van der Waals surface area contributed by atoms with Crippen LogP contribution in [0.4, 0.5) is 0 Å². The second kappa shape index (κ2) is 6.32. The smallest absolute Gasteiger partial charge is 0.275 e. The second-order valence-corrected chi connectivity index (χ2v) is 5.22. The highest BCUT2D eigenvalue weighted by Gasteiger charge is 2.12. The Hall–Kier alpha value is -3.14. The Labute approximate surface area is 134 Å². The summed E-state index contributed by atoms with van der Waals surface area (Å²) in [7, 11) is 0. The van der Waals surface area contributed by atoms with Crippen molar-refractivity contribution in [3.8, 4) is 5.75 Å². The Kier molecular flexibility index (Phi) is 4.06. The highest BCUT2D eigenvalue weighted by atomic mass is 16.3. The Bertz CT molecular complexity index is 886. The summed E-state index contributed by atoms with van der Waals surface area (Å²) in [6.07, 6.45) is 0. The molecule has 0 bridgehead atoms. The fourth-order valence-electron chi connectivity index (χ4n) is 2.35. The molecule has 4 heteroatoms. The Morgan fingerprint density at radius 1 is 0.957 bits per heavy atom. The zero-order chi connectivity index (χ0) is 16.2. The highest BCUT2D eigenvalue weighted by Crippen LogP contribution is 2.24. The molecular formula is C19H16N2O2. The van der Waals surface area contributed by atoms with Crippen LogP contribution in [0.15, 0.2) is 71.8 Å². The Balaban J connectivity index is 1.85. The number of hydrazone groups is 1. The molecule has 0 fully saturated rings. The number of nitrogens with zero attached hydrogens (tertiary/aromatic N) is 1. The normalized spacial score (nSPS) is 11.4. The molecule has 0 radical (unpaired) electrons. The van der Waals surface area contributed by atoms with E-state index in [1.165, 1.54) is 0 Å². The molecule has 114 valence electrons. The summed E-state index contributed by atoms with van der Waals surface area (Å²) in [5, 5.41) is 15.9. The lowest BCUT2D eigenvalue weighted by atomic mass is 10.1. The van der Waals surface area contributed by atoms with Gasteiger partial charge in [-0.05, 0) is 35.4 Å². The molecule has 0 spiro atoms. The van der Waals surface area contributed by atoms with Gasteiger partial charge in [0.2, 0.25) is 0 Å². The van der Waals surface area contributed by atoms with Crippen molar-refractivity contribution in [1.29, 1.82) is 0 Å². The number of benzene rings is 3. The van der Waals surface area contributed by atoms with Crippen LogP contribution in [0, 0.1) is 0 Å². The van der Waals surface area contributed by atoms with Crippen molar-refractivity contribution in [2.45, 2.75) is 6.92 Å². The van der Waals surface area contributed by atoms with Crippen LogP contribution < -0.4 is 5.43 Å². The minimum absolute atomic E-state index is 0.0613. The molecule has 3 aromatic rings. The molecular weight excluding hydrogens is 288 g/mol. The number of rotatable bonds is 3. The zero-order valence-corrected chi connectivity index (χ0v) is 12.7. The molecule has 23 heavy (non-hydrogen) atoms. The maximum absolute atomic E-state index is 12.3. The molecule has 2 N–H and O–H groups in total. The van der Waals surface area contributed by atoms with Crippen LogP contribution in [0.25, 0.3) is 10.8 Å². The monoisotopic (exact) mass is 304 g/mol. The number of carbonyl (C=O) groups is 1. The molecule has 0 aromatic heterocycles. The van der Waals surface area contributed by atoms with Crippen LogP contribution in [0.2, 0.25) is 0 Å². The van der Waals surface area contributed by atoms with Crippen molar-refractivity contribution >= 4 is 22.4 Å². The largest absolute Gasteiger partial charge is 0.507 e. The van der Waals surface area contributed by atoms with Crippen LogP contribution >= 0.6 is 0 Å². The van der Waals surface area contributed by atoms with Gasteiger partial charge in [-0.25, -0.2) is 5.43 Å². The number of phenols is 1. The van der Waals surface area contributed by atoms with E-state index in [0.29, 0.717) is 5.71 Å². The van der Waals surface area contributed by atoms with Crippen molar-refractivity contribution in [3.05, 3.63) is 77.9 Å². The fourth-order valence-corrected chi connectivity index (χ4v) is 2.35. The van der Waals surface area contributed by atoms with Gasteiger partial charge >= 0.3 is 0 Å². The van der Waals surface area contributed by atoms with Gasteiger partial charge in [0.1, 0.15) is 5.75 Å². The van der Waals surface area contributed by atoms with Crippen LogP contribution in [0.3, 0.4) is 0 Å². The first-order valence-corrected chi connectivity index (χ1v) is 7.27. The first kappa shape index (κ1) is 14.8. The number of nitrogens with one attached hydrogen (secondary N) is 1. The summed E-state index contributed by atoms with van der Waals surface area (Å²) < 4.78 is 0. The summed E-state index contributed by atoms with van der Waals surface area (Å²) >= 11 is 0. The number of carbonyl (C=O) groups excluding carboxylic acids is 1. The van der Waals surface area contributed by atoms with Gasteiger partial charge in [0.25, 0.3) is 5.91 Å². The van der Waals surface area contributed by atoms with E-state index in [1.54, 1.807) is 12.1 Å². The summed E-state index contributed by atoms with van der Waals surface area (Å²) in [6, 6.07) is 20.4. The van der Waals surface area contributed by atoms with Crippen LogP contribution in [0.1, 0.15) is 22.8 Å². The van der Waals surface area contributed by atoms with Gasteiger partial charge in [-0.3, -0.25) is 4.79 Å². The van der Waals surface area contributed by atoms with Gasteiger partial charge in [0.05, 0.1) is 11.3 Å². The minimum atomic E-state index is -0.441. The molecule has 3 rings (SSSR count). The lowest BCUT2D eigenvalue weighted by Crippen LogP contribution is -2.19. The molecule has 0 saturated heterocycles. The first-order chi connectivity index (χ1) is 11.1. The summed E-state index contributed by atoms with van der Waals surface area (Å²) in [6.45, 7) is 1.82. The lowest BCUT2D eigenvalue weighted by Gasteiger charge is -2.07. The number of phenolic OH excluding ortho intramolecular Hbond substituents is 1. The third-order valence-electron chi connectivity index (χ3n) is 3.63. The first-order valence-electron chi connectivity index (χ1n) is 7.27. The van der Waals surface area contributed by atoms with E-state index < -0.39 is 5.91 Å². The second-order valence-electron chi connectivity index (χ2n) is 5.22. The van der Waals surface area contributed by atoms with E-state index in [2.05, 4.69) is 10.5 Å². The number of hydrogen-bond acceptors (Lipinski definition) is 3. The predicted molar refractivity (Wildman–Crippen MR) is 91.7 cm³/mol. The van der Waals surface area contributed by atoms with E-state index >= 15 is 0 Å². The Morgan fingerprint density at radius 2 is 1.57 bits per heavy atom. The van der Waals surface area contributed by atoms with Gasteiger partial charge in [0, 0.05) is 0 Å². The van der Waals surface area contributed by atoms with Gasteiger partial charge in [-0.1, -0.05) is 54.6 Å². The van der Waals surface area contributed by atoms with E-state index in [0.717, 1.165) is 16.3 Å². The lowest BCUT2D eigenvalue weighted by molar-refractivity contribution is 0.0952. The molecule has 1 amide bonds. The average Bonchev–Trinajstić information content (AvgIpc) is 2.59. The van der Waals surface area contributed by atoms with Crippen LogP contribution in [0.5, 0.6) is 5.75 Å². The SMILES string of the molecule is C/C(=N\NC(=O)c1cc2ccccc2cc1O)c1ccccc1. The number of amides is 1. The summed E-state index contributed by atoms with van der Waals surface area (Å²) in [5.41, 5.74) is 4.31. The molecule has 3 aromatic carbocycles. The van der Waals surface area contributed by atoms with E-state index in [1.807, 2.05) is 61.5 Å². The highest BCUT2D eigenvalue weighted by molar-refractivity contribution is 6.03. The van der Waals surface area contributed by atoms with Gasteiger partial charge < -0.3 is 5.11 Å². The van der Waals surface area contributed by atoms with Gasteiger partial charge in [0.15, 0.2) is 0 Å². The number of fused-ring (bicyclic) bond motifs is 1. The molecule has 0 atom stereocenters. The van der Waals surface area contributed by atoms with Crippen LogP contribution in [-0.2, 0) is 0 Å². The maximum atomic E-state index is 12.3. The molecule has 0 saturated carbocycles. The van der Waals surface area contributed by atoms with Crippen molar-refractivity contribution in [3.63, 3.8) is 0 Å². The fraction of sp³-hybridized carbons (Fsp3) is 0.0526. The summed E-state index contributed by atoms with van der Waals surface area (Å²) in [4.78, 5) is 12.3. The van der Waals surface area contributed by atoms with Gasteiger partial charge in [-0.2, -0.15) is 5.10 Å². The van der Waals surface area contributed by atoms with Crippen molar-refractivity contribution in [2.24, 2.45) is 5.10 Å². The molecule has 0 aliphatic heterocycles. The van der Waals surface area contributed by atoms with Crippen molar-refractivity contribution in [1.82, 2.24) is 5.43 Å². The summed E-state index contributed by atoms with van der Waals surface area (Å²) in [5.74, 6) is -0.503. The van der Waals surface area contributed by atoms with Gasteiger partial charge in [-0.15, -0.1) is 0 Å². The van der Waals surface area contributed by atoms with Crippen molar-refractivity contribution < 1.29 is 9.90 Å². The average molecular weight is 304 g/mol. The topological polar surface area (TPSA) is 61.7 Å². The molecule has 4 nitrogen and oxygen atoms in total. The molecule has 0 aliphatic rings. The minimum Gasteiger partial charge on any atom is -0.507 e.